The molecule has 5 heteroatoms. The van der Waals surface area contributed by atoms with Crippen LogP contribution in [0.5, 0.6) is 5.75 Å². The Labute approximate surface area is 201 Å². The number of methoxy groups -OCH3 is 1. The molecule has 0 saturated carbocycles. The maximum atomic E-state index is 13.3. The van der Waals surface area contributed by atoms with Crippen LogP contribution in [-0.4, -0.2) is 29.8 Å². The van der Waals surface area contributed by atoms with Crippen molar-refractivity contribution in [2.75, 3.05) is 7.11 Å². The second-order valence-corrected chi connectivity index (χ2v) is 8.91. The van der Waals surface area contributed by atoms with E-state index in [9.17, 15) is 19.5 Å². The number of aliphatic carboxylic acids is 1. The second-order valence-electron chi connectivity index (χ2n) is 8.91. The Morgan fingerprint density at radius 1 is 0.824 bits per heavy atom. The van der Waals surface area contributed by atoms with E-state index in [1.807, 2.05) is 54.6 Å². The molecule has 0 radical (unpaired) electrons. The van der Waals surface area contributed by atoms with Gasteiger partial charge in [-0.05, 0) is 62.8 Å². The maximum Gasteiger partial charge on any atom is 0.303 e. The van der Waals surface area contributed by atoms with Gasteiger partial charge in [-0.25, -0.2) is 0 Å². The summed E-state index contributed by atoms with van der Waals surface area (Å²) >= 11 is 0. The fourth-order valence-corrected chi connectivity index (χ4v) is 4.74. The fourth-order valence-electron chi connectivity index (χ4n) is 4.74. The highest BCUT2D eigenvalue weighted by atomic mass is 16.5. The zero-order chi connectivity index (χ0) is 24.8. The average Bonchev–Trinajstić information content (AvgIpc) is 2.85. The van der Waals surface area contributed by atoms with E-state index in [0.29, 0.717) is 41.6 Å². The number of hydrogen-bond donors (Lipinski definition) is 1. The molecule has 0 saturated heterocycles. The van der Waals surface area contributed by atoms with Crippen molar-refractivity contribution in [2.24, 2.45) is 0 Å². The van der Waals surface area contributed by atoms with Crippen molar-refractivity contribution in [2.45, 2.75) is 58.3 Å². The molecule has 2 aromatic carbocycles. The van der Waals surface area contributed by atoms with E-state index in [2.05, 4.69) is 0 Å². The Balaban J connectivity index is 1.86. The SMILES string of the molecule is COc1ccc(C(CCCC(C2=C(C)C(=O)C(C)=C(C)C2=O)c2ccccc2)CC(=O)O)cc1. The van der Waals surface area contributed by atoms with Gasteiger partial charge in [0.05, 0.1) is 13.5 Å². The van der Waals surface area contributed by atoms with Gasteiger partial charge in [-0.1, -0.05) is 48.9 Å². The number of carbonyl (C=O) groups excluding carboxylic acids is 2. The molecular weight excluding hydrogens is 428 g/mol. The number of allylic oxidation sites excluding steroid dienone is 4. The highest BCUT2D eigenvalue weighted by Crippen LogP contribution is 2.38. The summed E-state index contributed by atoms with van der Waals surface area (Å²) in [5, 5.41) is 9.47. The van der Waals surface area contributed by atoms with Crippen LogP contribution in [0.2, 0.25) is 0 Å². The predicted molar refractivity (Wildman–Crippen MR) is 132 cm³/mol. The monoisotopic (exact) mass is 460 g/mol. The van der Waals surface area contributed by atoms with Crippen LogP contribution in [0.3, 0.4) is 0 Å². The predicted octanol–water partition coefficient (Wildman–Crippen LogP) is 6.01. The summed E-state index contributed by atoms with van der Waals surface area (Å²) in [6.45, 7) is 5.17. The van der Waals surface area contributed by atoms with E-state index in [0.717, 1.165) is 16.9 Å². The zero-order valence-corrected chi connectivity index (χ0v) is 20.3. The quantitative estimate of drug-likeness (QED) is 0.439. The normalized spacial score (nSPS) is 16.0. The van der Waals surface area contributed by atoms with Crippen LogP contribution in [0, 0.1) is 0 Å². The Bertz CT molecular complexity index is 1120. The smallest absolute Gasteiger partial charge is 0.303 e. The number of benzene rings is 2. The number of carboxylic acids is 1. The van der Waals surface area contributed by atoms with Crippen LogP contribution in [0.1, 0.15) is 69.4 Å². The van der Waals surface area contributed by atoms with Crippen LogP contribution in [0.25, 0.3) is 0 Å². The molecule has 2 aromatic rings. The Morgan fingerprint density at radius 2 is 1.44 bits per heavy atom. The minimum absolute atomic E-state index is 0.0303. The number of carboxylic acid groups (broad SMARTS) is 1. The van der Waals surface area contributed by atoms with Crippen molar-refractivity contribution >= 4 is 17.5 Å². The number of carbonyl (C=O) groups is 3. The lowest BCUT2D eigenvalue weighted by molar-refractivity contribution is -0.137. The number of ketones is 2. The Kier molecular flexibility index (Phi) is 8.21. The van der Waals surface area contributed by atoms with E-state index in [4.69, 9.17) is 4.74 Å². The Morgan fingerprint density at radius 3 is 2.03 bits per heavy atom. The number of Topliss-reactive ketones (excluding diaryl/α,β-unsaturated/α-hetero) is 2. The van der Waals surface area contributed by atoms with Gasteiger partial charge >= 0.3 is 5.97 Å². The molecule has 0 spiro atoms. The van der Waals surface area contributed by atoms with E-state index in [-0.39, 0.29) is 29.8 Å². The number of rotatable bonds is 10. The first-order chi connectivity index (χ1) is 16.2. The molecule has 0 fully saturated rings. The molecule has 178 valence electrons. The summed E-state index contributed by atoms with van der Waals surface area (Å²) in [5.41, 5.74) is 4.04. The molecule has 34 heavy (non-hydrogen) atoms. The van der Waals surface area contributed by atoms with Crippen LogP contribution >= 0.6 is 0 Å². The van der Waals surface area contributed by atoms with E-state index >= 15 is 0 Å². The minimum Gasteiger partial charge on any atom is -0.497 e. The van der Waals surface area contributed by atoms with Gasteiger partial charge in [0.25, 0.3) is 0 Å². The molecule has 1 aliphatic rings. The first-order valence-electron chi connectivity index (χ1n) is 11.6. The molecule has 0 aliphatic heterocycles. The van der Waals surface area contributed by atoms with E-state index < -0.39 is 5.97 Å². The molecule has 0 amide bonds. The van der Waals surface area contributed by atoms with Gasteiger partial charge in [-0.15, -0.1) is 0 Å². The summed E-state index contributed by atoms with van der Waals surface area (Å²) in [6, 6.07) is 17.3. The fraction of sp³-hybridized carbons (Fsp3) is 0.345. The molecule has 1 aliphatic carbocycles. The van der Waals surface area contributed by atoms with Crippen LogP contribution < -0.4 is 4.74 Å². The molecule has 2 atom stereocenters. The summed E-state index contributed by atoms with van der Waals surface area (Å²) in [4.78, 5) is 37.6. The topological polar surface area (TPSA) is 80.7 Å². The lowest BCUT2D eigenvalue weighted by Crippen LogP contribution is -2.24. The maximum absolute atomic E-state index is 13.3. The van der Waals surface area contributed by atoms with Crippen LogP contribution in [-0.2, 0) is 14.4 Å². The molecule has 0 bridgehead atoms. The van der Waals surface area contributed by atoms with Crippen molar-refractivity contribution in [1.29, 1.82) is 0 Å². The largest absolute Gasteiger partial charge is 0.497 e. The van der Waals surface area contributed by atoms with Crippen molar-refractivity contribution in [3.63, 3.8) is 0 Å². The summed E-state index contributed by atoms with van der Waals surface area (Å²) < 4.78 is 5.22. The van der Waals surface area contributed by atoms with Gasteiger partial charge < -0.3 is 9.84 Å². The van der Waals surface area contributed by atoms with Gasteiger partial charge in [0.15, 0.2) is 11.6 Å². The van der Waals surface area contributed by atoms with E-state index in [1.165, 1.54) is 0 Å². The highest BCUT2D eigenvalue weighted by Gasteiger charge is 2.33. The first kappa shape index (κ1) is 25.2. The van der Waals surface area contributed by atoms with Crippen LogP contribution in [0.15, 0.2) is 76.9 Å². The van der Waals surface area contributed by atoms with Gasteiger partial charge in [0.1, 0.15) is 5.75 Å². The van der Waals surface area contributed by atoms with Crippen molar-refractivity contribution in [3.05, 3.63) is 88.0 Å². The van der Waals surface area contributed by atoms with Crippen molar-refractivity contribution in [1.82, 2.24) is 0 Å². The molecule has 0 aromatic heterocycles. The second kappa shape index (κ2) is 11.1. The summed E-state index contributed by atoms with van der Waals surface area (Å²) in [7, 11) is 1.60. The molecule has 0 heterocycles. The van der Waals surface area contributed by atoms with Gasteiger partial charge in [-0.2, -0.15) is 0 Å². The zero-order valence-electron chi connectivity index (χ0n) is 20.3. The molecule has 2 unspecified atom stereocenters. The summed E-state index contributed by atoms with van der Waals surface area (Å²) in [6.07, 6.45) is 2.05. The van der Waals surface area contributed by atoms with E-state index in [1.54, 1.807) is 27.9 Å². The van der Waals surface area contributed by atoms with Gasteiger partial charge in [0.2, 0.25) is 0 Å². The molecular formula is C29H32O5. The lowest BCUT2D eigenvalue weighted by atomic mass is 9.75. The standard InChI is InChI=1S/C29H32O5/c1-18-19(2)29(33)27(20(3)28(18)32)25(22-9-6-5-7-10-22)12-8-11-23(17-26(30)31)21-13-15-24(34-4)16-14-21/h5-7,9-10,13-16,23,25H,8,11-12,17H2,1-4H3,(H,30,31). The Hall–Kier alpha value is -3.47. The minimum atomic E-state index is -0.844. The third-order valence-corrected chi connectivity index (χ3v) is 6.84. The van der Waals surface area contributed by atoms with Gasteiger partial charge in [0, 0.05) is 28.2 Å². The highest BCUT2D eigenvalue weighted by molar-refractivity contribution is 6.25. The third-order valence-electron chi connectivity index (χ3n) is 6.84. The average molecular weight is 461 g/mol. The van der Waals surface area contributed by atoms with Gasteiger partial charge in [-0.3, -0.25) is 14.4 Å². The first-order valence-corrected chi connectivity index (χ1v) is 11.6. The van der Waals surface area contributed by atoms with Crippen molar-refractivity contribution in [3.8, 4) is 5.75 Å². The molecule has 5 nitrogen and oxygen atoms in total. The number of hydrogen-bond acceptors (Lipinski definition) is 4. The van der Waals surface area contributed by atoms with Crippen LogP contribution in [0.4, 0.5) is 0 Å². The van der Waals surface area contributed by atoms with Crippen molar-refractivity contribution < 1.29 is 24.2 Å². The molecule has 1 N–H and O–H groups in total. The lowest BCUT2D eigenvalue weighted by Gasteiger charge is -2.27. The summed E-state index contributed by atoms with van der Waals surface area (Å²) in [5.74, 6) is -0.632. The molecule has 3 rings (SSSR count). The third kappa shape index (κ3) is 5.53. The number of ether oxygens (including phenoxy) is 1.